The number of rotatable bonds is 6. The maximum atomic E-state index is 11.6. The minimum Gasteiger partial charge on any atom is -1.00 e. The zero-order valence-corrected chi connectivity index (χ0v) is 24.3. The summed E-state index contributed by atoms with van der Waals surface area (Å²) in [6.07, 6.45) is 0.475. The largest absolute Gasteiger partial charge is 1.00 e. The fourth-order valence-corrected chi connectivity index (χ4v) is 4.74. The van der Waals surface area contributed by atoms with Gasteiger partial charge >= 0.3 is 35.5 Å². The molecule has 0 aliphatic carbocycles. The molecule has 2 aromatic heterocycles. The molecular formula is C29H27ClN3NaO3. The Balaban J connectivity index is 0.00000200. The van der Waals surface area contributed by atoms with Crippen molar-refractivity contribution in [1.82, 2.24) is 15.2 Å². The molecule has 0 radical (unpaired) electrons. The van der Waals surface area contributed by atoms with E-state index >= 15 is 0 Å². The van der Waals surface area contributed by atoms with Gasteiger partial charge in [0.2, 0.25) is 11.8 Å². The second-order valence-corrected chi connectivity index (χ2v) is 10.3. The zero-order valence-electron chi connectivity index (χ0n) is 22.5. The minimum absolute atomic E-state index is 0. The summed E-state index contributed by atoms with van der Waals surface area (Å²) in [7, 11) is 0. The Labute approximate surface area is 243 Å². The van der Waals surface area contributed by atoms with Crippen molar-refractivity contribution in [1.29, 1.82) is 0 Å². The molecule has 2 heterocycles. The van der Waals surface area contributed by atoms with Crippen molar-refractivity contribution >= 4 is 28.5 Å². The van der Waals surface area contributed by atoms with Crippen molar-refractivity contribution in [2.75, 3.05) is 0 Å². The predicted molar refractivity (Wildman–Crippen MR) is 143 cm³/mol. The van der Waals surface area contributed by atoms with Gasteiger partial charge in [-0.2, -0.15) is 0 Å². The first-order chi connectivity index (χ1) is 17.1. The van der Waals surface area contributed by atoms with Crippen LogP contribution in [0, 0.1) is 19.3 Å². The van der Waals surface area contributed by atoms with Gasteiger partial charge in [0.1, 0.15) is 0 Å². The van der Waals surface area contributed by atoms with Crippen molar-refractivity contribution in [2.45, 2.75) is 34.1 Å². The zero-order chi connectivity index (χ0) is 25.6. The average Bonchev–Trinajstić information content (AvgIpc) is 3.45. The summed E-state index contributed by atoms with van der Waals surface area (Å²) in [5.74, 6) is 0.0805. The van der Waals surface area contributed by atoms with Gasteiger partial charge < -0.3 is 15.9 Å². The van der Waals surface area contributed by atoms with Crippen LogP contribution in [0.15, 0.2) is 65.1 Å². The number of aromatic amines is 1. The number of carboxylic acids is 1. The molecule has 0 aliphatic rings. The van der Waals surface area contributed by atoms with Crippen molar-refractivity contribution < 1.29 is 45.3 Å². The number of aliphatic carboxylic acids is 1. The van der Waals surface area contributed by atoms with E-state index < -0.39 is 11.4 Å². The molecule has 37 heavy (non-hydrogen) atoms. The summed E-state index contributed by atoms with van der Waals surface area (Å²) >= 11 is 5.97. The number of hydrogen-bond acceptors (Lipinski definition) is 4. The minimum atomic E-state index is -0.819. The maximum Gasteiger partial charge on any atom is 1.00 e. The third kappa shape index (κ3) is 5.53. The molecule has 5 aromatic rings. The quantitative estimate of drug-likeness (QED) is 0.318. The van der Waals surface area contributed by atoms with Crippen LogP contribution in [0.1, 0.15) is 32.0 Å². The van der Waals surface area contributed by atoms with Crippen LogP contribution in [-0.4, -0.2) is 26.3 Å². The van der Waals surface area contributed by atoms with Gasteiger partial charge in [0, 0.05) is 38.3 Å². The molecule has 5 rings (SSSR count). The number of nitrogens with zero attached hydrogens (tertiary/aromatic N) is 2. The van der Waals surface area contributed by atoms with E-state index in [1.54, 1.807) is 26.0 Å². The Morgan fingerprint density at radius 1 is 0.973 bits per heavy atom. The first-order valence-electron chi connectivity index (χ1n) is 11.7. The smallest absolute Gasteiger partial charge is 1.00 e. The Morgan fingerprint density at radius 3 is 2.19 bits per heavy atom. The molecule has 2 N–H and O–H groups in total. The summed E-state index contributed by atoms with van der Waals surface area (Å²) < 4.78 is 5.92. The van der Waals surface area contributed by atoms with Crippen molar-refractivity contribution in [3.05, 3.63) is 82.4 Å². The Morgan fingerprint density at radius 2 is 1.57 bits per heavy atom. The Hall–Kier alpha value is -2.90. The number of aryl methyl sites for hydroxylation is 2. The van der Waals surface area contributed by atoms with Crippen LogP contribution in [0.25, 0.3) is 45.1 Å². The Bertz CT molecular complexity index is 1590. The molecule has 0 spiro atoms. The van der Waals surface area contributed by atoms with Gasteiger partial charge in [0.05, 0.1) is 5.41 Å². The molecule has 0 fully saturated rings. The maximum absolute atomic E-state index is 11.6. The van der Waals surface area contributed by atoms with Crippen molar-refractivity contribution in [3.63, 3.8) is 0 Å². The van der Waals surface area contributed by atoms with Gasteiger partial charge in [-0.1, -0.05) is 29.8 Å². The van der Waals surface area contributed by atoms with Gasteiger partial charge in [-0.05, 0) is 93.3 Å². The van der Waals surface area contributed by atoms with Crippen LogP contribution in [-0.2, 0) is 11.2 Å². The number of halogens is 1. The van der Waals surface area contributed by atoms with Gasteiger partial charge in [-0.3, -0.25) is 4.79 Å². The summed E-state index contributed by atoms with van der Waals surface area (Å²) in [5, 5.41) is 19.6. The van der Waals surface area contributed by atoms with Crippen LogP contribution < -0.4 is 29.6 Å². The second-order valence-electron chi connectivity index (χ2n) is 9.87. The molecule has 3 aromatic carbocycles. The number of carboxylic acid groups (broad SMARTS) is 1. The van der Waals surface area contributed by atoms with E-state index in [1.165, 1.54) is 0 Å². The van der Waals surface area contributed by atoms with E-state index in [2.05, 4.69) is 47.2 Å². The van der Waals surface area contributed by atoms with E-state index in [-0.39, 0.29) is 31.0 Å². The molecule has 0 saturated heterocycles. The van der Waals surface area contributed by atoms with E-state index in [4.69, 9.17) is 16.0 Å². The number of benzene rings is 3. The number of fused-ring (bicyclic) bond motifs is 1. The molecule has 6 nitrogen and oxygen atoms in total. The molecule has 0 saturated carbocycles. The van der Waals surface area contributed by atoms with Crippen LogP contribution >= 0.6 is 11.6 Å². The molecule has 0 amide bonds. The first kappa shape index (κ1) is 27.1. The standard InChI is InChI=1S/C29H26ClN3O3.Na.H/c1-16-11-18(15-29(3,4)28(34)35)12-17(2)25(16)24-13-20-5-6-21(14-23(20)31-24)27-33-32-26(36-27)19-7-9-22(30)10-8-19;;/h5-14,31H,15H2,1-4H3,(H,34,35);;/q;+1;-1. The summed E-state index contributed by atoms with van der Waals surface area (Å²) in [6, 6.07) is 19.6. The Kier molecular flexibility index (Phi) is 7.67. The first-order valence-corrected chi connectivity index (χ1v) is 12.0. The number of hydrogen-bond donors (Lipinski definition) is 2. The molecule has 184 valence electrons. The van der Waals surface area contributed by atoms with E-state index in [0.717, 1.165) is 50.0 Å². The van der Waals surface area contributed by atoms with E-state index in [1.807, 2.05) is 30.3 Å². The predicted octanol–water partition coefficient (Wildman–Crippen LogP) is 4.59. The van der Waals surface area contributed by atoms with Gasteiger partial charge in [-0.15, -0.1) is 10.2 Å². The summed E-state index contributed by atoms with van der Waals surface area (Å²) in [5.41, 5.74) is 7.12. The number of aromatic nitrogens is 3. The van der Waals surface area contributed by atoms with Crippen molar-refractivity contribution in [2.24, 2.45) is 5.41 Å². The van der Waals surface area contributed by atoms with Gasteiger partial charge in [0.25, 0.3) is 0 Å². The third-order valence-electron chi connectivity index (χ3n) is 6.47. The third-order valence-corrected chi connectivity index (χ3v) is 6.72. The SMILES string of the molecule is Cc1cc(CC(C)(C)C(=O)O)cc(C)c1-c1cc2ccc(-c3nnc(-c4ccc(Cl)cc4)o3)cc2[nH]1.[H-].[Na+]. The fourth-order valence-electron chi connectivity index (χ4n) is 4.61. The average molecular weight is 524 g/mol. The normalized spacial score (nSPS) is 11.5. The molecule has 0 bridgehead atoms. The summed E-state index contributed by atoms with van der Waals surface area (Å²) in [4.78, 5) is 15.1. The summed E-state index contributed by atoms with van der Waals surface area (Å²) in [6.45, 7) is 7.64. The second kappa shape index (κ2) is 10.5. The molecule has 0 unspecified atom stereocenters. The van der Waals surface area contributed by atoms with Crippen LogP contribution in [0.3, 0.4) is 0 Å². The number of carbonyl (C=O) groups is 1. The van der Waals surface area contributed by atoms with Gasteiger partial charge in [-0.25, -0.2) is 0 Å². The number of nitrogens with one attached hydrogen (secondary N) is 1. The van der Waals surface area contributed by atoms with E-state index in [9.17, 15) is 9.90 Å². The van der Waals surface area contributed by atoms with Crippen molar-refractivity contribution in [3.8, 4) is 34.2 Å². The van der Waals surface area contributed by atoms with E-state index in [0.29, 0.717) is 23.2 Å². The van der Waals surface area contributed by atoms with Crippen LogP contribution in [0.5, 0.6) is 0 Å². The molecule has 0 aliphatic heterocycles. The number of H-pyrrole nitrogens is 1. The van der Waals surface area contributed by atoms with Crippen LogP contribution in [0.2, 0.25) is 5.02 Å². The molecule has 0 atom stereocenters. The molecular weight excluding hydrogens is 497 g/mol. The van der Waals surface area contributed by atoms with Gasteiger partial charge in [0.15, 0.2) is 0 Å². The monoisotopic (exact) mass is 523 g/mol. The molecule has 8 heteroatoms. The topological polar surface area (TPSA) is 92.0 Å². The van der Waals surface area contributed by atoms with Crippen LogP contribution in [0.4, 0.5) is 0 Å². The fraction of sp³-hybridized carbons (Fsp3) is 0.207.